The first-order chi connectivity index (χ1) is 17.6. The summed E-state index contributed by atoms with van der Waals surface area (Å²) in [5.41, 5.74) is 3.17. The minimum absolute atomic E-state index is 0.0524. The van der Waals surface area contributed by atoms with E-state index in [-0.39, 0.29) is 23.3 Å². The van der Waals surface area contributed by atoms with Gasteiger partial charge in [0.1, 0.15) is 17.3 Å². The summed E-state index contributed by atoms with van der Waals surface area (Å²) in [5.74, 6) is -0.251. The highest BCUT2D eigenvalue weighted by Crippen LogP contribution is 2.41. The molecule has 1 aliphatic rings. The molecule has 1 fully saturated rings. The van der Waals surface area contributed by atoms with Crippen molar-refractivity contribution >= 4 is 17.4 Å². The fourth-order valence-electron chi connectivity index (χ4n) is 4.56. The number of aliphatic hydroxyl groups excluding tert-OH is 1. The Labute approximate surface area is 218 Å². The average Bonchev–Trinajstić information content (AvgIpc) is 3.13. The van der Waals surface area contributed by atoms with Crippen LogP contribution in [0.2, 0.25) is 0 Å². The number of methoxy groups -OCH3 is 1. The summed E-state index contributed by atoms with van der Waals surface area (Å²) >= 11 is 0. The number of Topliss-reactive ketones (excluding diaryl/α,β-unsaturated/α-hetero) is 1. The highest BCUT2D eigenvalue weighted by molar-refractivity contribution is 6.46. The predicted octanol–water partition coefficient (Wildman–Crippen LogP) is 6.01. The van der Waals surface area contributed by atoms with E-state index in [1.54, 1.807) is 31.4 Å². The van der Waals surface area contributed by atoms with Gasteiger partial charge in [0.25, 0.3) is 11.7 Å². The molecule has 37 heavy (non-hydrogen) atoms. The second-order valence-corrected chi connectivity index (χ2v) is 10.1. The molecule has 0 spiro atoms. The Bertz CT molecular complexity index is 1320. The Balaban J connectivity index is 1.82. The van der Waals surface area contributed by atoms with E-state index in [4.69, 9.17) is 9.47 Å². The van der Waals surface area contributed by atoms with Gasteiger partial charge in [-0.1, -0.05) is 57.2 Å². The zero-order valence-corrected chi connectivity index (χ0v) is 21.9. The van der Waals surface area contributed by atoms with E-state index in [0.717, 1.165) is 16.7 Å². The molecule has 192 valence electrons. The summed E-state index contributed by atoms with van der Waals surface area (Å²) in [6.45, 7) is 9.01. The van der Waals surface area contributed by atoms with E-state index in [1.165, 1.54) is 4.90 Å². The number of hydrogen-bond donors (Lipinski definition) is 1. The molecule has 1 saturated heterocycles. The van der Waals surface area contributed by atoms with Gasteiger partial charge in [-0.3, -0.25) is 9.59 Å². The van der Waals surface area contributed by atoms with Crippen LogP contribution in [0.3, 0.4) is 0 Å². The van der Waals surface area contributed by atoms with E-state index in [1.807, 2.05) is 55.5 Å². The third-order valence-corrected chi connectivity index (χ3v) is 6.56. The topological polar surface area (TPSA) is 76.1 Å². The second-order valence-electron chi connectivity index (χ2n) is 10.1. The predicted molar refractivity (Wildman–Crippen MR) is 144 cm³/mol. The molecule has 1 aliphatic heterocycles. The van der Waals surface area contributed by atoms with E-state index >= 15 is 0 Å². The number of amides is 1. The van der Waals surface area contributed by atoms with Gasteiger partial charge in [0.05, 0.1) is 25.3 Å². The van der Waals surface area contributed by atoms with Crippen molar-refractivity contribution in [1.29, 1.82) is 0 Å². The van der Waals surface area contributed by atoms with Crippen molar-refractivity contribution < 1.29 is 24.2 Å². The Morgan fingerprint density at radius 1 is 0.946 bits per heavy atom. The van der Waals surface area contributed by atoms with Crippen molar-refractivity contribution in [2.24, 2.45) is 0 Å². The van der Waals surface area contributed by atoms with Gasteiger partial charge in [-0.2, -0.15) is 0 Å². The number of nitrogens with zero attached hydrogens (tertiary/aromatic N) is 1. The number of ketones is 1. The van der Waals surface area contributed by atoms with Gasteiger partial charge in [-0.25, -0.2) is 0 Å². The number of ether oxygens (including phenoxy) is 2. The number of aliphatic hydroxyl groups is 1. The van der Waals surface area contributed by atoms with Crippen LogP contribution in [0.25, 0.3) is 5.76 Å². The first kappa shape index (κ1) is 26.0. The van der Waals surface area contributed by atoms with Crippen molar-refractivity contribution in [3.8, 4) is 11.5 Å². The van der Waals surface area contributed by atoms with Gasteiger partial charge in [0.15, 0.2) is 0 Å². The van der Waals surface area contributed by atoms with Crippen molar-refractivity contribution in [3.05, 3.63) is 101 Å². The largest absolute Gasteiger partial charge is 0.507 e. The molecule has 1 atom stereocenters. The van der Waals surface area contributed by atoms with Crippen LogP contribution in [0.15, 0.2) is 78.4 Å². The van der Waals surface area contributed by atoms with Crippen LogP contribution in [0.1, 0.15) is 56.0 Å². The minimum Gasteiger partial charge on any atom is -0.507 e. The molecule has 3 aromatic carbocycles. The SMILES string of the molecule is CCOc1cccc(CN2C(=O)C(=O)/C(=C(\O)c3ccc(OC)cc3)C2c2ccc(C(C)(C)C)cc2)c1. The Kier molecular flexibility index (Phi) is 7.39. The van der Waals surface area contributed by atoms with Gasteiger partial charge in [0, 0.05) is 12.1 Å². The smallest absolute Gasteiger partial charge is 0.295 e. The van der Waals surface area contributed by atoms with Crippen molar-refractivity contribution in [3.63, 3.8) is 0 Å². The molecule has 6 heteroatoms. The zero-order valence-electron chi connectivity index (χ0n) is 21.9. The normalized spacial score (nSPS) is 17.2. The van der Waals surface area contributed by atoms with Crippen molar-refractivity contribution in [2.45, 2.75) is 45.7 Å². The molecule has 1 unspecified atom stereocenters. The number of likely N-dealkylation sites (tertiary alicyclic amines) is 1. The average molecular weight is 500 g/mol. The van der Waals surface area contributed by atoms with E-state index in [0.29, 0.717) is 23.7 Å². The van der Waals surface area contributed by atoms with Gasteiger partial charge >= 0.3 is 0 Å². The lowest BCUT2D eigenvalue weighted by Gasteiger charge is -2.27. The van der Waals surface area contributed by atoms with E-state index in [9.17, 15) is 14.7 Å². The molecule has 3 aromatic rings. The molecular weight excluding hydrogens is 466 g/mol. The lowest BCUT2D eigenvalue weighted by atomic mass is 9.85. The zero-order chi connectivity index (χ0) is 26.7. The van der Waals surface area contributed by atoms with Crippen LogP contribution in [0, 0.1) is 0 Å². The van der Waals surface area contributed by atoms with Crippen LogP contribution >= 0.6 is 0 Å². The monoisotopic (exact) mass is 499 g/mol. The molecule has 0 saturated carbocycles. The quantitative estimate of drug-likeness (QED) is 0.245. The van der Waals surface area contributed by atoms with E-state index in [2.05, 4.69) is 20.8 Å². The maximum atomic E-state index is 13.4. The van der Waals surface area contributed by atoms with E-state index < -0.39 is 17.7 Å². The fraction of sp³-hybridized carbons (Fsp3) is 0.290. The molecule has 0 bridgehead atoms. The van der Waals surface area contributed by atoms with Crippen molar-refractivity contribution in [2.75, 3.05) is 13.7 Å². The maximum Gasteiger partial charge on any atom is 0.295 e. The standard InChI is InChI=1S/C31H33NO5/c1-6-37-25-9-7-8-20(18-25)19-32-27(21-10-14-23(15-11-21)31(2,3)4)26(29(34)30(32)35)28(33)22-12-16-24(36-5)17-13-22/h7-18,27,33H,6,19H2,1-5H3/b28-26-. The fourth-order valence-corrected chi connectivity index (χ4v) is 4.56. The number of rotatable bonds is 7. The molecule has 1 amide bonds. The molecule has 0 aromatic heterocycles. The molecule has 1 heterocycles. The lowest BCUT2D eigenvalue weighted by Crippen LogP contribution is -2.29. The first-order valence-corrected chi connectivity index (χ1v) is 12.4. The Morgan fingerprint density at radius 3 is 2.22 bits per heavy atom. The Morgan fingerprint density at radius 2 is 1.62 bits per heavy atom. The van der Waals surface area contributed by atoms with Gasteiger partial charge in [-0.15, -0.1) is 0 Å². The van der Waals surface area contributed by atoms with Crippen LogP contribution in [-0.2, 0) is 21.5 Å². The summed E-state index contributed by atoms with van der Waals surface area (Å²) < 4.78 is 10.8. The van der Waals surface area contributed by atoms with Crippen molar-refractivity contribution in [1.82, 2.24) is 4.90 Å². The lowest BCUT2D eigenvalue weighted by molar-refractivity contribution is -0.140. The Hall–Kier alpha value is -4.06. The molecule has 4 rings (SSSR count). The van der Waals surface area contributed by atoms with Crippen LogP contribution in [0.4, 0.5) is 0 Å². The van der Waals surface area contributed by atoms with Crippen LogP contribution < -0.4 is 9.47 Å². The second kappa shape index (κ2) is 10.5. The number of carbonyl (C=O) groups excluding carboxylic acids is 2. The highest BCUT2D eigenvalue weighted by atomic mass is 16.5. The van der Waals surface area contributed by atoms with Gasteiger partial charge < -0.3 is 19.5 Å². The third kappa shape index (κ3) is 5.38. The number of carbonyl (C=O) groups is 2. The molecule has 0 radical (unpaired) electrons. The summed E-state index contributed by atoms with van der Waals surface area (Å²) in [4.78, 5) is 28.2. The van der Waals surface area contributed by atoms with Gasteiger partial charge in [0.2, 0.25) is 0 Å². The molecule has 6 nitrogen and oxygen atoms in total. The molecule has 1 N–H and O–H groups in total. The molecular formula is C31H33NO5. The maximum absolute atomic E-state index is 13.4. The minimum atomic E-state index is -0.744. The first-order valence-electron chi connectivity index (χ1n) is 12.4. The number of hydrogen-bond acceptors (Lipinski definition) is 5. The highest BCUT2D eigenvalue weighted by Gasteiger charge is 2.46. The number of benzene rings is 3. The molecule has 0 aliphatic carbocycles. The summed E-state index contributed by atoms with van der Waals surface area (Å²) in [5, 5.41) is 11.3. The summed E-state index contributed by atoms with van der Waals surface area (Å²) in [7, 11) is 1.56. The summed E-state index contributed by atoms with van der Waals surface area (Å²) in [6, 6.07) is 21.4. The summed E-state index contributed by atoms with van der Waals surface area (Å²) in [6.07, 6.45) is 0. The van der Waals surface area contributed by atoms with Crippen LogP contribution in [0.5, 0.6) is 11.5 Å². The van der Waals surface area contributed by atoms with Gasteiger partial charge in [-0.05, 0) is 65.4 Å². The van der Waals surface area contributed by atoms with Crippen LogP contribution in [-0.4, -0.2) is 35.4 Å². The third-order valence-electron chi connectivity index (χ3n) is 6.56.